The molecular weight excluding hydrogens is 470 g/mol. The lowest BCUT2D eigenvalue weighted by atomic mass is 9.95. The van der Waals surface area contributed by atoms with Gasteiger partial charge in [0.15, 0.2) is 5.43 Å². The average Bonchev–Trinajstić information content (AvgIpc) is 3.41. The van der Waals surface area contributed by atoms with E-state index >= 15 is 0 Å². The van der Waals surface area contributed by atoms with Gasteiger partial charge in [-0.15, -0.1) is 0 Å². The van der Waals surface area contributed by atoms with Crippen LogP contribution in [0.25, 0.3) is 22.3 Å². The van der Waals surface area contributed by atoms with Crippen LogP contribution in [0.5, 0.6) is 5.75 Å². The molecular formula is C30H33NO4S. The van der Waals surface area contributed by atoms with Crippen LogP contribution in [0.2, 0.25) is 0 Å². The molecule has 36 heavy (non-hydrogen) atoms. The Balaban J connectivity index is 1.40. The fourth-order valence-corrected chi connectivity index (χ4v) is 5.97. The maximum Gasteiger partial charge on any atom is 0.240 e. The molecule has 5 nitrogen and oxygen atoms in total. The van der Waals surface area contributed by atoms with E-state index in [1.807, 2.05) is 32.9 Å². The number of rotatable bonds is 9. The zero-order valence-corrected chi connectivity index (χ0v) is 22.6. The molecule has 0 amide bonds. The Morgan fingerprint density at radius 2 is 1.19 bits per heavy atom. The van der Waals surface area contributed by atoms with E-state index in [1.54, 1.807) is 24.3 Å². The van der Waals surface area contributed by atoms with Crippen molar-refractivity contribution in [1.82, 2.24) is 4.72 Å². The second kappa shape index (κ2) is 10.0. The summed E-state index contributed by atoms with van der Waals surface area (Å²) in [5, 5.41) is 0. The Morgan fingerprint density at radius 3 is 1.72 bits per heavy atom. The maximum atomic E-state index is 12.9. The van der Waals surface area contributed by atoms with E-state index in [0.717, 1.165) is 50.1 Å². The number of hydrogen-bond acceptors (Lipinski definition) is 4. The Kier molecular flexibility index (Phi) is 7.21. The van der Waals surface area contributed by atoms with Gasteiger partial charge in [-0.25, -0.2) is 13.1 Å². The molecule has 4 rings (SSSR count). The van der Waals surface area contributed by atoms with Crippen LogP contribution in [0.15, 0.2) is 58.2 Å². The Bertz CT molecular complexity index is 1490. The van der Waals surface area contributed by atoms with E-state index in [9.17, 15) is 13.2 Å². The molecule has 0 aliphatic heterocycles. The van der Waals surface area contributed by atoms with Crippen LogP contribution in [-0.2, 0) is 10.0 Å². The maximum absolute atomic E-state index is 12.9. The number of ether oxygens (including phenoxy) is 1. The molecule has 0 radical (unpaired) electrons. The first-order valence-electron chi connectivity index (χ1n) is 12.2. The molecule has 0 saturated carbocycles. The molecule has 4 aromatic carbocycles. The molecule has 0 bridgehead atoms. The molecule has 0 aliphatic carbocycles. The topological polar surface area (TPSA) is 72.5 Å². The lowest BCUT2D eigenvalue weighted by Gasteiger charge is -2.13. The van der Waals surface area contributed by atoms with Crippen molar-refractivity contribution in [3.8, 4) is 28.0 Å². The summed E-state index contributed by atoms with van der Waals surface area (Å²) < 4.78 is 33.3. The van der Waals surface area contributed by atoms with Crippen molar-refractivity contribution in [3.63, 3.8) is 0 Å². The Hall–Kier alpha value is -3.22. The summed E-state index contributed by atoms with van der Waals surface area (Å²) >= 11 is 0. The minimum atomic E-state index is -3.53. The van der Waals surface area contributed by atoms with E-state index in [1.165, 1.54) is 5.56 Å². The van der Waals surface area contributed by atoms with Crippen LogP contribution in [-0.4, -0.2) is 21.6 Å². The number of benzene rings is 3. The van der Waals surface area contributed by atoms with Crippen LogP contribution in [0.3, 0.4) is 0 Å². The molecule has 0 aromatic heterocycles. The van der Waals surface area contributed by atoms with E-state index in [-0.39, 0.29) is 16.9 Å². The Labute approximate surface area is 213 Å². The lowest BCUT2D eigenvalue weighted by Crippen LogP contribution is -2.25. The molecule has 0 spiro atoms. The largest absolute Gasteiger partial charge is 0.494 e. The SMILES string of the molecule is Cc1ccc(S(=O)(=O)NCCCOc2cc(C)c(-c3c(-c4c(C)cc(C)cc4C)c3=O)c(C)c2)cc1. The number of sulfonamides is 1. The summed E-state index contributed by atoms with van der Waals surface area (Å²) in [5.74, 6) is 0.716. The van der Waals surface area contributed by atoms with Gasteiger partial charge in [0, 0.05) is 17.7 Å². The zero-order valence-electron chi connectivity index (χ0n) is 21.8. The van der Waals surface area contributed by atoms with Crippen molar-refractivity contribution in [1.29, 1.82) is 0 Å². The monoisotopic (exact) mass is 503 g/mol. The summed E-state index contributed by atoms with van der Waals surface area (Å²) in [7, 11) is -3.53. The molecule has 4 aromatic rings. The van der Waals surface area contributed by atoms with Crippen molar-refractivity contribution in [3.05, 3.63) is 92.1 Å². The van der Waals surface area contributed by atoms with Crippen molar-refractivity contribution in [2.24, 2.45) is 0 Å². The number of hydrogen-bond donors (Lipinski definition) is 1. The fourth-order valence-electron chi connectivity index (χ4n) is 4.89. The summed E-state index contributed by atoms with van der Waals surface area (Å²) in [4.78, 5) is 13.1. The smallest absolute Gasteiger partial charge is 0.240 e. The Morgan fingerprint density at radius 1 is 0.694 bits per heavy atom. The van der Waals surface area contributed by atoms with Crippen LogP contribution in [0.1, 0.15) is 39.8 Å². The van der Waals surface area contributed by atoms with Gasteiger partial charge in [0.25, 0.3) is 0 Å². The van der Waals surface area contributed by atoms with Gasteiger partial charge in [-0.2, -0.15) is 0 Å². The summed E-state index contributed by atoms with van der Waals surface area (Å²) in [6.07, 6.45) is 0.532. The van der Waals surface area contributed by atoms with Crippen molar-refractivity contribution in [2.75, 3.05) is 13.2 Å². The first kappa shape index (κ1) is 25.9. The second-order valence-corrected chi connectivity index (χ2v) is 11.5. The van der Waals surface area contributed by atoms with Gasteiger partial charge in [0.2, 0.25) is 10.0 Å². The molecule has 0 atom stereocenters. The lowest BCUT2D eigenvalue weighted by molar-refractivity contribution is 0.311. The van der Waals surface area contributed by atoms with Crippen LogP contribution in [0.4, 0.5) is 0 Å². The minimum Gasteiger partial charge on any atom is -0.494 e. The molecule has 6 heteroatoms. The molecule has 1 N–H and O–H groups in total. The normalized spacial score (nSPS) is 11.8. The van der Waals surface area contributed by atoms with E-state index < -0.39 is 10.0 Å². The third kappa shape index (κ3) is 5.30. The summed E-state index contributed by atoms with van der Waals surface area (Å²) in [5.41, 5.74) is 10.2. The molecule has 188 valence electrons. The van der Waals surface area contributed by atoms with E-state index in [4.69, 9.17) is 4.74 Å². The molecule has 0 aliphatic rings. The van der Waals surface area contributed by atoms with Gasteiger partial charge >= 0.3 is 0 Å². The zero-order chi connectivity index (χ0) is 26.2. The molecule has 0 unspecified atom stereocenters. The highest BCUT2D eigenvalue weighted by Crippen LogP contribution is 2.42. The summed E-state index contributed by atoms with van der Waals surface area (Å²) in [6.45, 7) is 12.8. The van der Waals surface area contributed by atoms with Crippen LogP contribution < -0.4 is 14.9 Å². The summed E-state index contributed by atoms with van der Waals surface area (Å²) in [6, 6.07) is 14.9. The van der Waals surface area contributed by atoms with Crippen molar-refractivity contribution in [2.45, 2.75) is 52.9 Å². The highest BCUT2D eigenvalue weighted by molar-refractivity contribution is 7.89. The average molecular weight is 504 g/mol. The van der Waals surface area contributed by atoms with Gasteiger partial charge in [-0.1, -0.05) is 35.4 Å². The fraction of sp³-hybridized carbons (Fsp3) is 0.300. The van der Waals surface area contributed by atoms with Gasteiger partial charge in [0.1, 0.15) is 5.75 Å². The van der Waals surface area contributed by atoms with Gasteiger partial charge in [-0.3, -0.25) is 4.79 Å². The van der Waals surface area contributed by atoms with Crippen molar-refractivity contribution < 1.29 is 13.2 Å². The van der Waals surface area contributed by atoms with Crippen LogP contribution >= 0.6 is 0 Å². The highest BCUT2D eigenvalue weighted by Gasteiger charge is 2.30. The molecule has 0 fully saturated rings. The quantitative estimate of drug-likeness (QED) is 0.291. The number of nitrogens with one attached hydrogen (secondary N) is 1. The third-order valence-corrected chi connectivity index (χ3v) is 8.02. The standard InChI is InChI=1S/C30H33NO4S/c1-18-8-10-25(11-9-18)36(33,34)31-12-7-13-35-24-16-22(5)27(23(6)17-24)29-28(30(29)32)26-20(3)14-19(2)15-21(26)4/h8-11,14-17,31H,7,12-13H2,1-6H3. The second-order valence-electron chi connectivity index (χ2n) is 9.70. The van der Waals surface area contributed by atoms with E-state index in [0.29, 0.717) is 18.8 Å². The van der Waals surface area contributed by atoms with Gasteiger partial charge in [-0.05, 0) is 106 Å². The first-order valence-corrected chi connectivity index (χ1v) is 13.7. The number of aryl methyl sites for hydroxylation is 6. The predicted octanol–water partition coefficient (Wildman–Crippen LogP) is 5.85. The van der Waals surface area contributed by atoms with E-state index in [2.05, 4.69) is 37.6 Å². The third-order valence-electron chi connectivity index (χ3n) is 6.54. The molecule has 0 saturated heterocycles. The van der Waals surface area contributed by atoms with Gasteiger partial charge in [0.05, 0.1) is 11.5 Å². The first-order chi connectivity index (χ1) is 17.0. The predicted molar refractivity (Wildman–Crippen MR) is 146 cm³/mol. The van der Waals surface area contributed by atoms with Gasteiger partial charge < -0.3 is 4.74 Å². The van der Waals surface area contributed by atoms with Crippen molar-refractivity contribution >= 4 is 10.0 Å². The molecule has 0 heterocycles. The highest BCUT2D eigenvalue weighted by atomic mass is 32.2. The van der Waals surface area contributed by atoms with Crippen LogP contribution in [0, 0.1) is 41.5 Å². The minimum absolute atomic E-state index is 0.116.